The van der Waals surface area contributed by atoms with Crippen LogP contribution < -0.4 is 0 Å². The first-order valence-electron chi connectivity index (χ1n) is 8.26. The number of aromatic nitrogens is 2. The number of aryl methyl sites for hydroxylation is 1. The van der Waals surface area contributed by atoms with Gasteiger partial charge in [-0.25, -0.2) is 9.07 Å². The van der Waals surface area contributed by atoms with E-state index >= 15 is 0 Å². The molecule has 2 aromatic rings. The van der Waals surface area contributed by atoms with Gasteiger partial charge in [-0.1, -0.05) is 12.8 Å². The summed E-state index contributed by atoms with van der Waals surface area (Å²) in [6, 6.07) is 6.58. The first kappa shape index (κ1) is 15.2. The third-order valence-electron chi connectivity index (χ3n) is 4.41. The third kappa shape index (κ3) is 3.22. The van der Waals surface area contributed by atoms with Gasteiger partial charge in [0, 0.05) is 12.3 Å². The number of fused-ring (bicyclic) bond motifs is 1. The zero-order valence-corrected chi connectivity index (χ0v) is 12.9. The van der Waals surface area contributed by atoms with E-state index in [1.807, 2.05) is 4.68 Å². The van der Waals surface area contributed by atoms with Crippen LogP contribution in [0.3, 0.4) is 0 Å². The molecule has 1 aromatic carbocycles. The molecule has 118 valence electrons. The zero-order chi connectivity index (χ0) is 15.4. The molecule has 22 heavy (non-hydrogen) atoms. The number of hydrogen-bond donors (Lipinski definition) is 1. The molecule has 3 nitrogen and oxygen atoms in total. The van der Waals surface area contributed by atoms with Crippen LogP contribution in [0, 0.1) is 5.82 Å². The molecule has 0 saturated carbocycles. The van der Waals surface area contributed by atoms with E-state index in [0.717, 1.165) is 50.6 Å². The van der Waals surface area contributed by atoms with Gasteiger partial charge in [0.1, 0.15) is 5.82 Å². The Hall–Kier alpha value is -1.68. The van der Waals surface area contributed by atoms with Crippen molar-refractivity contribution < 1.29 is 9.50 Å². The molecule has 0 amide bonds. The summed E-state index contributed by atoms with van der Waals surface area (Å²) in [5.41, 5.74) is 4.87. The van der Waals surface area contributed by atoms with E-state index in [9.17, 15) is 4.39 Å². The summed E-state index contributed by atoms with van der Waals surface area (Å²) in [5, 5.41) is 13.6. The fourth-order valence-corrected chi connectivity index (χ4v) is 3.27. The number of aliphatic hydroxyl groups excluding tert-OH is 1. The topological polar surface area (TPSA) is 38.1 Å². The van der Waals surface area contributed by atoms with E-state index < -0.39 is 0 Å². The number of rotatable bonds is 7. The van der Waals surface area contributed by atoms with Crippen molar-refractivity contribution in [2.45, 2.75) is 51.4 Å². The lowest BCUT2D eigenvalue weighted by Gasteiger charge is -2.05. The monoisotopic (exact) mass is 302 g/mol. The Morgan fingerprint density at radius 3 is 2.59 bits per heavy atom. The molecule has 0 fully saturated rings. The van der Waals surface area contributed by atoms with Gasteiger partial charge in [0.25, 0.3) is 0 Å². The van der Waals surface area contributed by atoms with Crippen LogP contribution in [0.25, 0.3) is 5.69 Å². The fourth-order valence-electron chi connectivity index (χ4n) is 3.27. The van der Waals surface area contributed by atoms with Crippen molar-refractivity contribution in [1.82, 2.24) is 9.78 Å². The van der Waals surface area contributed by atoms with Crippen LogP contribution in [-0.4, -0.2) is 21.5 Å². The summed E-state index contributed by atoms with van der Waals surface area (Å²) in [4.78, 5) is 0. The summed E-state index contributed by atoms with van der Waals surface area (Å²) < 4.78 is 15.1. The number of hydrogen-bond acceptors (Lipinski definition) is 2. The second-order valence-corrected chi connectivity index (χ2v) is 6.00. The summed E-state index contributed by atoms with van der Waals surface area (Å²) in [5.74, 6) is -0.211. The van der Waals surface area contributed by atoms with E-state index in [1.54, 1.807) is 12.1 Å². The van der Waals surface area contributed by atoms with E-state index in [-0.39, 0.29) is 12.4 Å². The molecule has 1 N–H and O–H groups in total. The summed E-state index contributed by atoms with van der Waals surface area (Å²) in [6.45, 7) is 0.286. The Morgan fingerprint density at radius 2 is 1.82 bits per heavy atom. The maximum Gasteiger partial charge on any atom is 0.123 e. The molecular formula is C18H23FN2O. The van der Waals surface area contributed by atoms with Gasteiger partial charge in [0.2, 0.25) is 0 Å². The van der Waals surface area contributed by atoms with Crippen molar-refractivity contribution in [1.29, 1.82) is 0 Å². The molecule has 0 atom stereocenters. The second-order valence-electron chi connectivity index (χ2n) is 6.00. The molecule has 0 bridgehead atoms. The van der Waals surface area contributed by atoms with Crippen LogP contribution in [-0.2, 0) is 19.3 Å². The summed E-state index contributed by atoms with van der Waals surface area (Å²) in [6.07, 6.45) is 8.59. The van der Waals surface area contributed by atoms with Gasteiger partial charge in [-0.05, 0) is 68.4 Å². The standard InChI is InChI=1S/C18H23FN2O/c19-14-9-11-15(12-10-14)21-18-8-5-6-16(18)17(20-21)7-3-1-2-4-13-22/h9-12,22H,1-8,13H2. The lowest BCUT2D eigenvalue weighted by Crippen LogP contribution is -2.02. The molecule has 0 aliphatic heterocycles. The fraction of sp³-hybridized carbons (Fsp3) is 0.500. The van der Waals surface area contributed by atoms with Crippen molar-refractivity contribution in [2.75, 3.05) is 6.61 Å². The van der Waals surface area contributed by atoms with E-state index in [2.05, 4.69) is 0 Å². The van der Waals surface area contributed by atoms with Crippen LogP contribution in [0.4, 0.5) is 4.39 Å². The van der Waals surface area contributed by atoms with Gasteiger partial charge in [-0.3, -0.25) is 0 Å². The number of nitrogens with zero attached hydrogens (tertiary/aromatic N) is 2. The average molecular weight is 302 g/mol. The minimum absolute atomic E-state index is 0.211. The first-order valence-corrected chi connectivity index (χ1v) is 8.26. The molecular weight excluding hydrogens is 279 g/mol. The van der Waals surface area contributed by atoms with Crippen LogP contribution >= 0.6 is 0 Å². The highest BCUT2D eigenvalue weighted by molar-refractivity contribution is 5.40. The quantitative estimate of drug-likeness (QED) is 0.794. The van der Waals surface area contributed by atoms with Gasteiger partial charge in [0.15, 0.2) is 0 Å². The van der Waals surface area contributed by atoms with Crippen molar-refractivity contribution in [3.63, 3.8) is 0 Å². The normalized spacial score (nSPS) is 13.5. The Bertz CT molecular complexity index is 619. The van der Waals surface area contributed by atoms with E-state index in [1.165, 1.54) is 35.5 Å². The molecule has 1 aromatic heterocycles. The highest BCUT2D eigenvalue weighted by Gasteiger charge is 2.22. The van der Waals surface area contributed by atoms with Crippen LogP contribution in [0.15, 0.2) is 24.3 Å². The Morgan fingerprint density at radius 1 is 1.05 bits per heavy atom. The Kier molecular flexibility index (Phi) is 4.88. The molecule has 1 aliphatic rings. The molecule has 3 rings (SSSR count). The maximum atomic E-state index is 13.1. The van der Waals surface area contributed by atoms with Crippen molar-refractivity contribution in [2.24, 2.45) is 0 Å². The predicted octanol–water partition coefficient (Wildman–Crippen LogP) is 3.60. The Balaban J connectivity index is 1.75. The minimum Gasteiger partial charge on any atom is -0.396 e. The highest BCUT2D eigenvalue weighted by Crippen LogP contribution is 2.28. The smallest absolute Gasteiger partial charge is 0.123 e. The molecule has 4 heteroatoms. The molecule has 1 heterocycles. The largest absolute Gasteiger partial charge is 0.396 e. The number of halogens is 1. The third-order valence-corrected chi connectivity index (χ3v) is 4.41. The first-order chi connectivity index (χ1) is 10.8. The number of aliphatic hydroxyl groups is 1. The summed E-state index contributed by atoms with van der Waals surface area (Å²) in [7, 11) is 0. The van der Waals surface area contributed by atoms with E-state index in [4.69, 9.17) is 10.2 Å². The van der Waals surface area contributed by atoms with Crippen LogP contribution in [0.5, 0.6) is 0 Å². The van der Waals surface area contributed by atoms with Crippen LogP contribution in [0.2, 0.25) is 0 Å². The maximum absolute atomic E-state index is 13.1. The van der Waals surface area contributed by atoms with Gasteiger partial charge >= 0.3 is 0 Å². The number of benzene rings is 1. The zero-order valence-electron chi connectivity index (χ0n) is 12.9. The summed E-state index contributed by atoms with van der Waals surface area (Å²) >= 11 is 0. The van der Waals surface area contributed by atoms with Gasteiger partial charge in [-0.2, -0.15) is 5.10 Å². The molecule has 1 aliphatic carbocycles. The molecule has 0 unspecified atom stereocenters. The van der Waals surface area contributed by atoms with Crippen molar-refractivity contribution in [3.05, 3.63) is 47.0 Å². The van der Waals surface area contributed by atoms with Gasteiger partial charge in [-0.15, -0.1) is 0 Å². The predicted molar refractivity (Wildman–Crippen MR) is 84.8 cm³/mol. The second kappa shape index (κ2) is 7.05. The lowest BCUT2D eigenvalue weighted by molar-refractivity contribution is 0.282. The van der Waals surface area contributed by atoms with E-state index in [0.29, 0.717) is 0 Å². The Labute approximate surface area is 130 Å². The van der Waals surface area contributed by atoms with Gasteiger partial charge in [0.05, 0.1) is 11.4 Å². The van der Waals surface area contributed by atoms with Crippen LogP contribution in [0.1, 0.15) is 49.1 Å². The average Bonchev–Trinajstić information content (AvgIpc) is 3.11. The molecule has 0 saturated heterocycles. The molecule has 0 spiro atoms. The lowest BCUT2D eigenvalue weighted by atomic mass is 10.1. The highest BCUT2D eigenvalue weighted by atomic mass is 19.1. The SMILES string of the molecule is OCCCCCCc1nn(-c2ccc(F)cc2)c2c1CCC2. The number of unbranched alkanes of at least 4 members (excludes halogenated alkanes) is 3. The molecule has 0 radical (unpaired) electrons. The van der Waals surface area contributed by atoms with Crippen molar-refractivity contribution in [3.8, 4) is 5.69 Å². The minimum atomic E-state index is -0.211. The van der Waals surface area contributed by atoms with Crippen molar-refractivity contribution >= 4 is 0 Å². The van der Waals surface area contributed by atoms with Gasteiger partial charge < -0.3 is 5.11 Å².